The fraction of sp³-hybridized carbons (Fsp3) is 0.409. The summed E-state index contributed by atoms with van der Waals surface area (Å²) in [6.07, 6.45) is 2.51. The van der Waals surface area contributed by atoms with Gasteiger partial charge in [-0.2, -0.15) is 4.31 Å². The van der Waals surface area contributed by atoms with Crippen LogP contribution in [0, 0.1) is 0 Å². The molecule has 1 N–H and O–H groups in total. The zero-order chi connectivity index (χ0) is 24.0. The SMILES string of the molecule is CCOC(=O)c1cc(NC(=O)c2ccc(S(=O)(=O)N3CCCCC3)o2)cc(C(=O)OCC)c1. The van der Waals surface area contributed by atoms with E-state index in [0.29, 0.717) is 13.1 Å². The highest BCUT2D eigenvalue weighted by molar-refractivity contribution is 7.89. The van der Waals surface area contributed by atoms with Crippen LogP contribution < -0.4 is 5.32 Å². The molecule has 1 aliphatic heterocycles. The number of sulfonamides is 1. The number of nitrogens with one attached hydrogen (secondary N) is 1. The third-order valence-electron chi connectivity index (χ3n) is 4.93. The number of furan rings is 1. The number of esters is 2. The summed E-state index contributed by atoms with van der Waals surface area (Å²) >= 11 is 0. The standard InChI is InChI=1S/C22H26N2O8S/c1-3-30-21(26)15-12-16(22(27)31-4-2)14-17(13-15)23-20(25)18-8-9-19(32-18)33(28,29)24-10-6-5-7-11-24/h8-9,12-14H,3-7,10-11H2,1-2H3,(H,23,25). The lowest BCUT2D eigenvalue weighted by Gasteiger charge is -2.24. The molecule has 0 atom stereocenters. The Balaban J connectivity index is 1.83. The number of hydrogen-bond acceptors (Lipinski definition) is 8. The molecular formula is C22H26N2O8S. The molecular weight excluding hydrogens is 452 g/mol. The largest absolute Gasteiger partial charge is 0.462 e. The number of rotatable bonds is 8. The summed E-state index contributed by atoms with van der Waals surface area (Å²) in [6.45, 7) is 4.35. The first-order valence-electron chi connectivity index (χ1n) is 10.7. The van der Waals surface area contributed by atoms with Gasteiger partial charge in [0.2, 0.25) is 5.09 Å². The van der Waals surface area contributed by atoms with Crippen molar-refractivity contribution in [3.05, 3.63) is 47.2 Å². The maximum absolute atomic E-state index is 12.7. The van der Waals surface area contributed by atoms with Crippen molar-refractivity contribution in [1.82, 2.24) is 4.31 Å². The number of piperidine rings is 1. The second kappa shape index (κ2) is 10.6. The molecule has 1 fully saturated rings. The number of anilines is 1. The molecule has 1 aromatic heterocycles. The molecule has 0 aliphatic carbocycles. The zero-order valence-corrected chi connectivity index (χ0v) is 19.3. The Morgan fingerprint density at radius 3 is 2.06 bits per heavy atom. The van der Waals surface area contributed by atoms with Gasteiger partial charge in [0.15, 0.2) is 5.76 Å². The van der Waals surface area contributed by atoms with Gasteiger partial charge in [-0.3, -0.25) is 4.79 Å². The molecule has 0 bridgehead atoms. The van der Waals surface area contributed by atoms with E-state index in [1.807, 2.05) is 0 Å². The Kier molecular flexibility index (Phi) is 7.88. The highest BCUT2D eigenvalue weighted by Gasteiger charge is 2.29. The van der Waals surface area contributed by atoms with Crippen molar-refractivity contribution in [2.24, 2.45) is 0 Å². The van der Waals surface area contributed by atoms with Gasteiger partial charge >= 0.3 is 11.9 Å². The molecule has 0 radical (unpaired) electrons. The molecule has 3 rings (SSSR count). The minimum Gasteiger partial charge on any atom is -0.462 e. The molecule has 2 heterocycles. The van der Waals surface area contributed by atoms with Crippen molar-refractivity contribution < 1.29 is 36.7 Å². The van der Waals surface area contributed by atoms with Crippen LogP contribution in [0.1, 0.15) is 64.4 Å². The topological polar surface area (TPSA) is 132 Å². The smallest absolute Gasteiger partial charge is 0.338 e. The van der Waals surface area contributed by atoms with E-state index in [4.69, 9.17) is 13.9 Å². The van der Waals surface area contributed by atoms with Crippen molar-refractivity contribution in [2.45, 2.75) is 38.2 Å². The summed E-state index contributed by atoms with van der Waals surface area (Å²) in [5, 5.41) is 2.20. The molecule has 0 unspecified atom stereocenters. The van der Waals surface area contributed by atoms with E-state index in [0.717, 1.165) is 19.3 Å². The maximum Gasteiger partial charge on any atom is 0.338 e. The number of benzene rings is 1. The Morgan fingerprint density at radius 2 is 1.52 bits per heavy atom. The highest BCUT2D eigenvalue weighted by atomic mass is 32.2. The predicted molar refractivity (Wildman–Crippen MR) is 118 cm³/mol. The van der Waals surface area contributed by atoms with Crippen molar-refractivity contribution in [3.63, 3.8) is 0 Å². The molecule has 11 heteroatoms. The first kappa shape index (κ1) is 24.5. The third kappa shape index (κ3) is 5.79. The van der Waals surface area contributed by atoms with Crippen molar-refractivity contribution in [1.29, 1.82) is 0 Å². The molecule has 1 amide bonds. The predicted octanol–water partition coefficient (Wildman–Crippen LogP) is 3.06. The Labute approximate surface area is 191 Å². The summed E-state index contributed by atoms with van der Waals surface area (Å²) in [6, 6.07) is 6.48. The van der Waals surface area contributed by atoms with Crippen LogP contribution in [0.25, 0.3) is 0 Å². The first-order valence-corrected chi connectivity index (χ1v) is 12.1. The van der Waals surface area contributed by atoms with Gasteiger partial charge in [0.1, 0.15) is 0 Å². The third-order valence-corrected chi connectivity index (χ3v) is 6.70. The van der Waals surface area contributed by atoms with Crippen LogP contribution in [0.2, 0.25) is 0 Å². The van der Waals surface area contributed by atoms with Crippen LogP contribution in [-0.4, -0.2) is 56.9 Å². The van der Waals surface area contributed by atoms with E-state index < -0.39 is 27.9 Å². The van der Waals surface area contributed by atoms with Gasteiger partial charge in [-0.25, -0.2) is 18.0 Å². The average molecular weight is 479 g/mol. The van der Waals surface area contributed by atoms with E-state index in [9.17, 15) is 22.8 Å². The number of carbonyl (C=O) groups is 3. The van der Waals surface area contributed by atoms with Crippen LogP contribution in [0.4, 0.5) is 5.69 Å². The van der Waals surface area contributed by atoms with Crippen LogP contribution in [0.15, 0.2) is 39.8 Å². The number of amides is 1. The van der Waals surface area contributed by atoms with Gasteiger partial charge in [-0.05, 0) is 57.0 Å². The van der Waals surface area contributed by atoms with Gasteiger partial charge in [-0.15, -0.1) is 0 Å². The minimum atomic E-state index is -3.83. The van der Waals surface area contributed by atoms with Crippen LogP contribution in [0.3, 0.4) is 0 Å². The van der Waals surface area contributed by atoms with Crippen LogP contribution in [-0.2, 0) is 19.5 Å². The second-order valence-electron chi connectivity index (χ2n) is 7.28. The summed E-state index contributed by atoms with van der Waals surface area (Å²) in [5.74, 6) is -2.32. The van der Waals surface area contributed by atoms with Gasteiger partial charge in [-0.1, -0.05) is 6.42 Å². The van der Waals surface area contributed by atoms with Gasteiger partial charge < -0.3 is 19.2 Å². The van der Waals surface area contributed by atoms with E-state index in [2.05, 4.69) is 5.32 Å². The molecule has 0 saturated carbocycles. The normalized spacial score (nSPS) is 14.5. The average Bonchev–Trinajstić information content (AvgIpc) is 3.31. The Bertz CT molecular complexity index is 1100. The number of carbonyl (C=O) groups excluding carboxylic acids is 3. The lowest BCUT2D eigenvalue weighted by molar-refractivity contribution is 0.0525. The fourth-order valence-corrected chi connectivity index (χ4v) is 4.80. The first-order chi connectivity index (χ1) is 15.8. The second-order valence-corrected chi connectivity index (χ2v) is 9.15. The number of hydrogen-bond donors (Lipinski definition) is 1. The zero-order valence-electron chi connectivity index (χ0n) is 18.5. The van der Waals surface area contributed by atoms with E-state index in [1.165, 1.54) is 34.6 Å². The molecule has 0 spiro atoms. The number of nitrogens with zero attached hydrogens (tertiary/aromatic N) is 1. The Hall–Kier alpha value is -3.18. The maximum atomic E-state index is 12.7. The van der Waals surface area contributed by atoms with E-state index in [-0.39, 0.29) is 40.9 Å². The summed E-state index contributed by atoms with van der Waals surface area (Å²) < 4.78 is 42.1. The van der Waals surface area contributed by atoms with E-state index in [1.54, 1.807) is 13.8 Å². The van der Waals surface area contributed by atoms with Gasteiger partial charge in [0.05, 0.1) is 24.3 Å². The molecule has 1 aromatic carbocycles. The quantitative estimate of drug-likeness (QED) is 0.573. The summed E-state index contributed by atoms with van der Waals surface area (Å²) in [5.41, 5.74) is 0.210. The molecule has 2 aromatic rings. The monoisotopic (exact) mass is 478 g/mol. The highest BCUT2D eigenvalue weighted by Crippen LogP contribution is 2.24. The Morgan fingerprint density at radius 1 is 0.939 bits per heavy atom. The minimum absolute atomic E-state index is 0.0468. The molecule has 10 nitrogen and oxygen atoms in total. The molecule has 1 saturated heterocycles. The summed E-state index contributed by atoms with van der Waals surface area (Å²) in [4.78, 5) is 37.0. The number of ether oxygens (including phenoxy) is 2. The van der Waals surface area contributed by atoms with Gasteiger partial charge in [0.25, 0.3) is 15.9 Å². The molecule has 178 valence electrons. The molecule has 33 heavy (non-hydrogen) atoms. The van der Waals surface area contributed by atoms with Crippen molar-refractivity contribution in [2.75, 3.05) is 31.6 Å². The van der Waals surface area contributed by atoms with Crippen molar-refractivity contribution >= 4 is 33.6 Å². The summed E-state index contributed by atoms with van der Waals surface area (Å²) in [7, 11) is -3.83. The van der Waals surface area contributed by atoms with Crippen LogP contribution >= 0.6 is 0 Å². The molecule has 1 aliphatic rings. The van der Waals surface area contributed by atoms with E-state index >= 15 is 0 Å². The fourth-order valence-electron chi connectivity index (χ4n) is 3.37. The van der Waals surface area contributed by atoms with Crippen LogP contribution in [0.5, 0.6) is 0 Å². The lowest BCUT2D eigenvalue weighted by Crippen LogP contribution is -2.35. The van der Waals surface area contributed by atoms with Crippen molar-refractivity contribution in [3.8, 4) is 0 Å². The lowest BCUT2D eigenvalue weighted by atomic mass is 10.1. The van der Waals surface area contributed by atoms with Gasteiger partial charge in [0, 0.05) is 18.8 Å².